The second-order valence-corrected chi connectivity index (χ2v) is 7.19. The number of alkyl halides is 6. The number of amides is 1. The first-order chi connectivity index (χ1) is 15.4. The van der Waals surface area contributed by atoms with E-state index in [1.54, 1.807) is 30.3 Å². The highest BCUT2D eigenvalue weighted by Gasteiger charge is 2.38. The van der Waals surface area contributed by atoms with Crippen molar-refractivity contribution >= 4 is 22.6 Å². The van der Waals surface area contributed by atoms with Gasteiger partial charge in [-0.05, 0) is 34.5 Å². The zero-order chi connectivity index (χ0) is 24.4. The molecule has 4 nitrogen and oxygen atoms in total. The minimum absolute atomic E-state index is 0.0787. The number of halogens is 6. The Balaban J connectivity index is 1.96. The number of rotatable bonds is 5. The fraction of sp³-hybridized carbons (Fsp3) is 0.217. The Hall–Kier alpha value is -3.56. The first-order valence-corrected chi connectivity index (χ1v) is 9.55. The van der Waals surface area contributed by atoms with Crippen molar-refractivity contribution in [2.24, 2.45) is 0 Å². The number of esters is 1. The van der Waals surface area contributed by atoms with Crippen LogP contribution in [0.1, 0.15) is 27.0 Å². The van der Waals surface area contributed by atoms with Gasteiger partial charge >= 0.3 is 18.3 Å². The highest BCUT2D eigenvalue weighted by molar-refractivity contribution is 5.97. The summed E-state index contributed by atoms with van der Waals surface area (Å²) in [4.78, 5) is 24.9. The molecule has 3 aromatic rings. The fourth-order valence-corrected chi connectivity index (χ4v) is 3.35. The van der Waals surface area contributed by atoms with Gasteiger partial charge in [0.15, 0.2) is 0 Å². The molecule has 3 aromatic carbocycles. The lowest BCUT2D eigenvalue weighted by atomic mass is 9.98. The number of ether oxygens (including phenoxy) is 1. The molecule has 0 radical (unpaired) electrons. The van der Waals surface area contributed by atoms with E-state index in [1.807, 2.05) is 12.1 Å². The van der Waals surface area contributed by atoms with E-state index in [0.717, 1.165) is 17.9 Å². The van der Waals surface area contributed by atoms with Crippen LogP contribution in [0.15, 0.2) is 60.7 Å². The number of hydrogen-bond acceptors (Lipinski definition) is 3. The summed E-state index contributed by atoms with van der Waals surface area (Å²) in [5.41, 5.74) is -3.52. The van der Waals surface area contributed by atoms with Crippen molar-refractivity contribution in [3.05, 3.63) is 82.9 Å². The largest absolute Gasteiger partial charge is 0.467 e. The molecule has 0 saturated heterocycles. The number of carbonyl (C=O) groups is 2. The molecule has 0 aliphatic heterocycles. The van der Waals surface area contributed by atoms with E-state index < -0.39 is 47.0 Å². The highest BCUT2D eigenvalue weighted by Crippen LogP contribution is 2.36. The van der Waals surface area contributed by atoms with Gasteiger partial charge in [0, 0.05) is 12.0 Å². The Morgan fingerprint density at radius 2 is 1.45 bits per heavy atom. The monoisotopic (exact) mass is 469 g/mol. The van der Waals surface area contributed by atoms with E-state index in [9.17, 15) is 35.9 Å². The molecule has 1 N–H and O–H groups in total. The topological polar surface area (TPSA) is 55.4 Å². The Morgan fingerprint density at radius 3 is 2.03 bits per heavy atom. The van der Waals surface area contributed by atoms with E-state index in [4.69, 9.17) is 0 Å². The molecule has 3 rings (SSSR count). The maximum atomic E-state index is 13.1. The van der Waals surface area contributed by atoms with Crippen molar-refractivity contribution in [1.29, 1.82) is 0 Å². The van der Waals surface area contributed by atoms with Crippen LogP contribution in [0.4, 0.5) is 26.3 Å². The second-order valence-electron chi connectivity index (χ2n) is 7.19. The van der Waals surface area contributed by atoms with Gasteiger partial charge in [0.1, 0.15) is 6.04 Å². The van der Waals surface area contributed by atoms with Crippen LogP contribution in [0, 0.1) is 0 Å². The number of fused-ring (bicyclic) bond motifs is 1. The number of carbonyl (C=O) groups excluding carboxylic acids is 2. The van der Waals surface area contributed by atoms with Gasteiger partial charge in [0.05, 0.1) is 18.2 Å². The Kier molecular flexibility index (Phi) is 6.66. The molecule has 0 saturated carbocycles. The minimum atomic E-state index is -5.11. The quantitative estimate of drug-likeness (QED) is 0.403. The van der Waals surface area contributed by atoms with Crippen LogP contribution < -0.4 is 5.32 Å². The van der Waals surface area contributed by atoms with Crippen LogP contribution in [0.25, 0.3) is 10.8 Å². The van der Waals surface area contributed by atoms with E-state index >= 15 is 0 Å². The van der Waals surface area contributed by atoms with Crippen LogP contribution in [0.2, 0.25) is 0 Å². The molecule has 0 heterocycles. The summed E-state index contributed by atoms with van der Waals surface area (Å²) in [5.74, 6) is -2.18. The third-order valence-electron chi connectivity index (χ3n) is 4.94. The number of hydrogen-bond donors (Lipinski definition) is 1. The van der Waals surface area contributed by atoms with Gasteiger partial charge in [0.25, 0.3) is 5.91 Å². The Bertz CT molecular complexity index is 1150. The third kappa shape index (κ3) is 5.63. The van der Waals surface area contributed by atoms with E-state index in [2.05, 4.69) is 10.1 Å². The van der Waals surface area contributed by atoms with Gasteiger partial charge in [-0.1, -0.05) is 42.5 Å². The zero-order valence-electron chi connectivity index (χ0n) is 17.1. The lowest BCUT2D eigenvalue weighted by Gasteiger charge is -2.19. The second kappa shape index (κ2) is 9.13. The van der Waals surface area contributed by atoms with Crippen molar-refractivity contribution in [3.63, 3.8) is 0 Å². The predicted molar refractivity (Wildman–Crippen MR) is 107 cm³/mol. The molecule has 1 atom stereocenters. The van der Waals surface area contributed by atoms with Gasteiger partial charge in [-0.25, -0.2) is 4.79 Å². The number of methoxy groups -OCH3 is 1. The zero-order valence-corrected chi connectivity index (χ0v) is 17.1. The summed E-state index contributed by atoms with van der Waals surface area (Å²) in [5, 5.41) is 3.82. The van der Waals surface area contributed by atoms with Gasteiger partial charge in [-0.3, -0.25) is 4.79 Å². The molecule has 0 aliphatic carbocycles. The average Bonchev–Trinajstić information content (AvgIpc) is 2.76. The molecular formula is C23H17F6NO3. The normalized spacial score (nSPS) is 12.9. The molecule has 174 valence electrons. The molecule has 1 amide bonds. The van der Waals surface area contributed by atoms with Crippen molar-refractivity contribution in [2.75, 3.05) is 7.11 Å². The van der Waals surface area contributed by atoms with Crippen LogP contribution in [0.5, 0.6) is 0 Å². The molecule has 0 aliphatic rings. The Morgan fingerprint density at radius 1 is 0.879 bits per heavy atom. The van der Waals surface area contributed by atoms with Crippen LogP contribution in [-0.4, -0.2) is 25.0 Å². The summed E-state index contributed by atoms with van der Waals surface area (Å²) in [6.07, 6.45) is -10.3. The van der Waals surface area contributed by atoms with Gasteiger partial charge < -0.3 is 10.1 Å². The molecule has 0 aromatic heterocycles. The summed E-state index contributed by atoms with van der Waals surface area (Å²) in [6.45, 7) is 0. The standard InChI is InChI=1S/C23H17F6NO3/c1-33-21(32)19(11-14-7-4-6-13-5-2-3-8-18(13)14)30-20(31)15-9-16(22(24,25)26)12-17(10-15)23(27,28)29/h2-10,12,19H,11H2,1H3,(H,30,31)/t19-/m0/s1. The van der Waals surface area contributed by atoms with E-state index in [0.29, 0.717) is 17.7 Å². The molecule has 0 fully saturated rings. The summed E-state index contributed by atoms with van der Waals surface area (Å²) >= 11 is 0. The van der Waals surface area contributed by atoms with Crippen molar-refractivity contribution in [2.45, 2.75) is 24.8 Å². The molecule has 33 heavy (non-hydrogen) atoms. The highest BCUT2D eigenvalue weighted by atomic mass is 19.4. The Labute approximate surface area is 184 Å². The smallest absolute Gasteiger partial charge is 0.416 e. The maximum Gasteiger partial charge on any atom is 0.416 e. The lowest BCUT2D eigenvalue weighted by molar-refractivity contribution is -0.144. The van der Waals surface area contributed by atoms with Gasteiger partial charge in [0.2, 0.25) is 0 Å². The first kappa shape index (κ1) is 24.1. The SMILES string of the molecule is COC(=O)[C@H](Cc1cccc2ccccc12)NC(=O)c1cc(C(F)(F)F)cc(C(F)(F)F)c1. The van der Waals surface area contributed by atoms with E-state index in [-0.39, 0.29) is 12.5 Å². The summed E-state index contributed by atoms with van der Waals surface area (Å²) in [6, 6.07) is 11.6. The van der Waals surface area contributed by atoms with Crippen molar-refractivity contribution in [1.82, 2.24) is 5.32 Å². The van der Waals surface area contributed by atoms with Crippen molar-refractivity contribution < 1.29 is 40.7 Å². The molecule has 0 spiro atoms. The molecule has 0 unspecified atom stereocenters. The number of benzene rings is 3. The van der Waals surface area contributed by atoms with Gasteiger partial charge in [-0.15, -0.1) is 0 Å². The predicted octanol–water partition coefficient (Wildman–Crippen LogP) is 5.39. The third-order valence-corrected chi connectivity index (χ3v) is 4.94. The van der Waals surface area contributed by atoms with E-state index in [1.165, 1.54) is 0 Å². The van der Waals surface area contributed by atoms with Crippen LogP contribution in [0.3, 0.4) is 0 Å². The van der Waals surface area contributed by atoms with Crippen LogP contribution >= 0.6 is 0 Å². The van der Waals surface area contributed by atoms with Crippen LogP contribution in [-0.2, 0) is 28.3 Å². The molecular weight excluding hydrogens is 452 g/mol. The minimum Gasteiger partial charge on any atom is -0.467 e. The summed E-state index contributed by atoms with van der Waals surface area (Å²) < 4.78 is 83.3. The average molecular weight is 469 g/mol. The molecule has 0 bridgehead atoms. The number of nitrogens with one attached hydrogen (secondary N) is 1. The first-order valence-electron chi connectivity index (χ1n) is 9.55. The molecule has 10 heteroatoms. The lowest BCUT2D eigenvalue weighted by Crippen LogP contribution is -2.43. The maximum absolute atomic E-state index is 13.1. The van der Waals surface area contributed by atoms with Gasteiger partial charge in [-0.2, -0.15) is 26.3 Å². The van der Waals surface area contributed by atoms with Crippen molar-refractivity contribution in [3.8, 4) is 0 Å². The summed E-state index contributed by atoms with van der Waals surface area (Å²) in [7, 11) is 1.05. The fourth-order valence-electron chi connectivity index (χ4n) is 3.35.